The Morgan fingerprint density at radius 3 is 2.52 bits per heavy atom. The zero-order chi connectivity index (χ0) is 15.1. The second-order valence-corrected chi connectivity index (χ2v) is 7.35. The normalized spacial score (nSPS) is 15.1. The molecule has 6 heteroatoms. The van der Waals surface area contributed by atoms with Crippen LogP contribution in [0.2, 0.25) is 0 Å². The first-order valence-corrected chi connectivity index (χ1v) is 9.08. The van der Waals surface area contributed by atoms with Crippen LogP contribution < -0.4 is 14.8 Å². The summed E-state index contributed by atoms with van der Waals surface area (Å²) in [5.74, 6) is 0.958. The van der Waals surface area contributed by atoms with Crippen LogP contribution in [0.1, 0.15) is 31.2 Å². The Morgan fingerprint density at radius 1 is 1.19 bits per heavy atom. The third kappa shape index (κ3) is 6.46. The molecule has 0 amide bonds. The minimum Gasteiger partial charge on any atom is -0.497 e. The van der Waals surface area contributed by atoms with Crippen molar-refractivity contribution in [2.75, 3.05) is 19.4 Å². The SMILES string of the molecule is COc1ccc(CNS(=O)(=O)CCCCNC2CC2)cc1. The Bertz CT molecular complexity index is 524. The summed E-state index contributed by atoms with van der Waals surface area (Å²) in [5.41, 5.74) is 0.926. The van der Waals surface area contributed by atoms with Gasteiger partial charge in [-0.2, -0.15) is 0 Å². The summed E-state index contributed by atoms with van der Waals surface area (Å²) in [6, 6.07) is 8.07. The number of hydrogen-bond acceptors (Lipinski definition) is 4. The van der Waals surface area contributed by atoms with E-state index in [4.69, 9.17) is 4.74 Å². The molecule has 1 aromatic carbocycles. The molecule has 1 fully saturated rings. The van der Waals surface area contributed by atoms with Gasteiger partial charge in [0.15, 0.2) is 0 Å². The van der Waals surface area contributed by atoms with Crippen LogP contribution in [-0.2, 0) is 16.6 Å². The van der Waals surface area contributed by atoms with E-state index in [1.807, 2.05) is 24.3 Å². The highest BCUT2D eigenvalue weighted by Gasteiger charge is 2.19. The molecule has 0 bridgehead atoms. The number of unbranched alkanes of at least 4 members (excludes halogenated alkanes) is 1. The molecule has 0 aliphatic heterocycles. The second-order valence-electron chi connectivity index (χ2n) is 5.42. The van der Waals surface area contributed by atoms with Crippen molar-refractivity contribution in [2.45, 2.75) is 38.3 Å². The maximum Gasteiger partial charge on any atom is 0.211 e. The van der Waals surface area contributed by atoms with Gasteiger partial charge < -0.3 is 10.1 Å². The monoisotopic (exact) mass is 312 g/mol. The van der Waals surface area contributed by atoms with E-state index >= 15 is 0 Å². The van der Waals surface area contributed by atoms with E-state index < -0.39 is 10.0 Å². The fraction of sp³-hybridized carbons (Fsp3) is 0.600. The molecule has 0 spiro atoms. The van der Waals surface area contributed by atoms with E-state index in [1.54, 1.807) is 7.11 Å². The minimum atomic E-state index is -3.19. The molecule has 0 unspecified atom stereocenters. The smallest absolute Gasteiger partial charge is 0.211 e. The van der Waals surface area contributed by atoms with Crippen LogP contribution in [0.5, 0.6) is 5.75 Å². The van der Waals surface area contributed by atoms with Crippen molar-refractivity contribution in [3.05, 3.63) is 29.8 Å². The van der Waals surface area contributed by atoms with E-state index in [2.05, 4.69) is 10.0 Å². The van der Waals surface area contributed by atoms with E-state index in [0.29, 0.717) is 19.0 Å². The van der Waals surface area contributed by atoms with Gasteiger partial charge in [0.25, 0.3) is 0 Å². The van der Waals surface area contributed by atoms with E-state index in [1.165, 1.54) is 12.8 Å². The van der Waals surface area contributed by atoms with Gasteiger partial charge in [-0.1, -0.05) is 12.1 Å². The third-order valence-electron chi connectivity index (χ3n) is 3.51. The molecule has 2 rings (SSSR count). The molecular formula is C15H24N2O3S. The number of hydrogen-bond donors (Lipinski definition) is 2. The van der Waals surface area contributed by atoms with Crippen LogP contribution in [-0.4, -0.2) is 33.9 Å². The molecule has 21 heavy (non-hydrogen) atoms. The van der Waals surface area contributed by atoms with E-state index in [0.717, 1.165) is 24.3 Å². The van der Waals surface area contributed by atoms with E-state index in [-0.39, 0.29) is 5.75 Å². The largest absolute Gasteiger partial charge is 0.497 e. The van der Waals surface area contributed by atoms with Crippen LogP contribution in [0.4, 0.5) is 0 Å². The number of rotatable bonds is 10. The zero-order valence-electron chi connectivity index (χ0n) is 12.5. The van der Waals surface area contributed by atoms with Crippen molar-refractivity contribution < 1.29 is 13.2 Å². The summed E-state index contributed by atoms with van der Waals surface area (Å²) >= 11 is 0. The molecule has 1 aromatic rings. The maximum atomic E-state index is 11.9. The topological polar surface area (TPSA) is 67.4 Å². The van der Waals surface area contributed by atoms with Gasteiger partial charge in [-0.3, -0.25) is 0 Å². The highest BCUT2D eigenvalue weighted by atomic mass is 32.2. The van der Waals surface area contributed by atoms with E-state index in [9.17, 15) is 8.42 Å². The summed E-state index contributed by atoms with van der Waals surface area (Å²) in [7, 11) is -1.58. The van der Waals surface area contributed by atoms with Gasteiger partial charge in [-0.15, -0.1) is 0 Å². The van der Waals surface area contributed by atoms with Crippen molar-refractivity contribution in [2.24, 2.45) is 0 Å². The number of benzene rings is 1. The van der Waals surface area contributed by atoms with Gasteiger partial charge in [0.1, 0.15) is 5.75 Å². The molecule has 118 valence electrons. The first-order chi connectivity index (χ1) is 10.1. The summed E-state index contributed by atoms with van der Waals surface area (Å²) in [6.45, 7) is 1.24. The van der Waals surface area contributed by atoms with Gasteiger partial charge in [0.05, 0.1) is 12.9 Å². The maximum absolute atomic E-state index is 11.9. The number of sulfonamides is 1. The quantitative estimate of drug-likeness (QED) is 0.645. The average molecular weight is 312 g/mol. The van der Waals surface area contributed by atoms with Crippen molar-refractivity contribution >= 4 is 10.0 Å². The second kappa shape index (κ2) is 7.77. The summed E-state index contributed by atoms with van der Waals surface area (Å²) in [6.07, 6.45) is 4.13. The fourth-order valence-corrected chi connectivity index (χ4v) is 3.13. The molecule has 1 aliphatic rings. The highest BCUT2D eigenvalue weighted by Crippen LogP contribution is 2.18. The summed E-state index contributed by atoms with van der Waals surface area (Å²) < 4.78 is 31.5. The molecule has 0 saturated heterocycles. The molecule has 0 aromatic heterocycles. The van der Waals surface area contributed by atoms with Gasteiger partial charge in [-0.25, -0.2) is 13.1 Å². The summed E-state index contributed by atoms with van der Waals surface area (Å²) in [5, 5.41) is 3.38. The summed E-state index contributed by atoms with van der Waals surface area (Å²) in [4.78, 5) is 0. The van der Waals surface area contributed by atoms with Gasteiger partial charge in [-0.05, 0) is 49.9 Å². The van der Waals surface area contributed by atoms with Crippen LogP contribution in [0, 0.1) is 0 Å². The Hall–Kier alpha value is -1.11. The van der Waals surface area contributed by atoms with Crippen molar-refractivity contribution in [1.82, 2.24) is 10.0 Å². The van der Waals surface area contributed by atoms with Gasteiger partial charge in [0.2, 0.25) is 10.0 Å². The van der Waals surface area contributed by atoms with Crippen molar-refractivity contribution in [3.63, 3.8) is 0 Å². The van der Waals surface area contributed by atoms with Crippen molar-refractivity contribution in [3.8, 4) is 5.75 Å². The van der Waals surface area contributed by atoms with Crippen LogP contribution in [0.3, 0.4) is 0 Å². The molecule has 2 N–H and O–H groups in total. The third-order valence-corrected chi connectivity index (χ3v) is 4.92. The lowest BCUT2D eigenvalue weighted by Crippen LogP contribution is -2.26. The Labute approximate surface area is 127 Å². The molecule has 0 atom stereocenters. The zero-order valence-corrected chi connectivity index (χ0v) is 13.3. The minimum absolute atomic E-state index is 0.190. The number of nitrogens with one attached hydrogen (secondary N) is 2. The molecule has 1 saturated carbocycles. The number of ether oxygens (including phenoxy) is 1. The van der Waals surface area contributed by atoms with Crippen LogP contribution >= 0.6 is 0 Å². The first kappa shape index (κ1) is 16.3. The van der Waals surface area contributed by atoms with Gasteiger partial charge in [0, 0.05) is 12.6 Å². The van der Waals surface area contributed by atoms with Crippen molar-refractivity contribution in [1.29, 1.82) is 0 Å². The molecule has 5 nitrogen and oxygen atoms in total. The standard InChI is InChI=1S/C15H24N2O3S/c1-20-15-8-4-13(5-9-15)12-17-21(18,19)11-3-2-10-16-14-6-7-14/h4-5,8-9,14,16-17H,2-3,6-7,10-12H2,1H3. The molecule has 0 heterocycles. The van der Waals surface area contributed by atoms with Crippen LogP contribution in [0.15, 0.2) is 24.3 Å². The number of methoxy groups -OCH3 is 1. The predicted octanol–water partition coefficient (Wildman–Crippen LogP) is 1.65. The molecule has 1 aliphatic carbocycles. The molecular weight excluding hydrogens is 288 g/mol. The predicted molar refractivity (Wildman–Crippen MR) is 83.9 cm³/mol. The fourth-order valence-electron chi connectivity index (χ4n) is 2.02. The highest BCUT2D eigenvalue weighted by molar-refractivity contribution is 7.89. The lowest BCUT2D eigenvalue weighted by atomic mass is 10.2. The molecule has 0 radical (unpaired) electrons. The lowest BCUT2D eigenvalue weighted by Gasteiger charge is -2.08. The Kier molecular flexibility index (Phi) is 6.02. The Balaban J connectivity index is 1.64. The average Bonchev–Trinajstić information content (AvgIpc) is 3.29. The lowest BCUT2D eigenvalue weighted by molar-refractivity contribution is 0.414. The van der Waals surface area contributed by atoms with Gasteiger partial charge >= 0.3 is 0 Å². The Morgan fingerprint density at radius 2 is 1.90 bits per heavy atom. The first-order valence-electron chi connectivity index (χ1n) is 7.43. The van der Waals surface area contributed by atoms with Crippen LogP contribution in [0.25, 0.3) is 0 Å².